The quantitative estimate of drug-likeness (QED) is 0.419. The molecule has 0 saturated carbocycles. The summed E-state index contributed by atoms with van der Waals surface area (Å²) in [6, 6.07) is 12.5. The Labute approximate surface area is 161 Å². The smallest absolute Gasteiger partial charge is 0.215 e. The van der Waals surface area contributed by atoms with Crippen molar-refractivity contribution in [3.05, 3.63) is 36.4 Å². The van der Waals surface area contributed by atoms with E-state index in [-0.39, 0.29) is 4.90 Å². The van der Waals surface area contributed by atoms with E-state index >= 15 is 0 Å². The van der Waals surface area contributed by atoms with E-state index in [1.807, 2.05) is 43.3 Å². The molecule has 0 amide bonds. The molecule has 1 atom stereocenters. The maximum Gasteiger partial charge on any atom is 0.215 e. The van der Waals surface area contributed by atoms with E-state index in [0.717, 1.165) is 30.3 Å². The molecule has 27 heavy (non-hydrogen) atoms. The van der Waals surface area contributed by atoms with Gasteiger partial charge in [0.25, 0.3) is 0 Å². The Hall–Kier alpha value is -2.18. The average molecular weight is 390 g/mol. The SMILES string of the molecule is CN(C)c1cccc2c(S(=O)(=O)C(C#N)NNCCCCCN)cccc12. The normalized spacial score (nSPS) is 12.7. The van der Waals surface area contributed by atoms with E-state index in [1.165, 1.54) is 0 Å². The van der Waals surface area contributed by atoms with Crippen molar-refractivity contribution in [1.29, 1.82) is 5.26 Å². The van der Waals surface area contributed by atoms with Crippen LogP contribution in [0.1, 0.15) is 19.3 Å². The number of anilines is 1. The van der Waals surface area contributed by atoms with Gasteiger partial charge in [0.2, 0.25) is 15.2 Å². The zero-order valence-corrected chi connectivity index (χ0v) is 16.6. The van der Waals surface area contributed by atoms with Crippen LogP contribution in [0, 0.1) is 11.3 Å². The van der Waals surface area contributed by atoms with Crippen molar-refractivity contribution in [1.82, 2.24) is 10.9 Å². The summed E-state index contributed by atoms with van der Waals surface area (Å²) >= 11 is 0. The standard InChI is InChI=1S/C19H27N5O2S/c1-24(2)17-10-6-9-16-15(17)8-7-11-18(16)27(25,26)19(14-21)23-22-13-5-3-4-12-20/h6-11,19,22-23H,3-5,12-13,20H2,1-2H3. The number of sulfone groups is 1. The first-order valence-corrected chi connectivity index (χ1v) is 10.5. The van der Waals surface area contributed by atoms with Crippen LogP contribution in [-0.2, 0) is 9.84 Å². The molecule has 0 aromatic heterocycles. The lowest BCUT2D eigenvalue weighted by molar-refractivity contribution is 0.501. The topological polar surface area (TPSA) is 111 Å². The summed E-state index contributed by atoms with van der Waals surface area (Å²) in [6.07, 6.45) is 2.72. The monoisotopic (exact) mass is 389 g/mol. The van der Waals surface area contributed by atoms with Crippen LogP contribution in [0.15, 0.2) is 41.3 Å². The third-order valence-corrected chi connectivity index (χ3v) is 6.13. The number of fused-ring (bicyclic) bond motifs is 1. The van der Waals surface area contributed by atoms with Gasteiger partial charge in [0.15, 0.2) is 0 Å². The van der Waals surface area contributed by atoms with Crippen LogP contribution in [0.3, 0.4) is 0 Å². The van der Waals surface area contributed by atoms with Crippen LogP contribution in [0.5, 0.6) is 0 Å². The van der Waals surface area contributed by atoms with Crippen LogP contribution in [-0.4, -0.2) is 41.0 Å². The largest absolute Gasteiger partial charge is 0.377 e. The summed E-state index contributed by atoms with van der Waals surface area (Å²) in [5.74, 6) is 0. The van der Waals surface area contributed by atoms with Gasteiger partial charge in [-0.3, -0.25) is 5.43 Å². The molecule has 1 unspecified atom stereocenters. The molecule has 0 fully saturated rings. The molecular weight excluding hydrogens is 362 g/mol. The molecule has 146 valence electrons. The van der Waals surface area contributed by atoms with Crippen molar-refractivity contribution in [2.45, 2.75) is 29.5 Å². The van der Waals surface area contributed by atoms with Gasteiger partial charge in [-0.2, -0.15) is 5.26 Å². The molecule has 0 aliphatic heterocycles. The lowest BCUT2D eigenvalue weighted by Gasteiger charge is -2.18. The van der Waals surface area contributed by atoms with E-state index in [0.29, 0.717) is 18.5 Å². The lowest BCUT2D eigenvalue weighted by Crippen LogP contribution is -2.45. The minimum Gasteiger partial charge on any atom is -0.377 e. The van der Waals surface area contributed by atoms with Crippen molar-refractivity contribution >= 4 is 26.3 Å². The number of hydrogen-bond donors (Lipinski definition) is 3. The third-order valence-electron chi connectivity index (χ3n) is 4.31. The number of nitrogens with two attached hydrogens (primary N) is 1. The number of nitrogens with one attached hydrogen (secondary N) is 2. The molecule has 7 nitrogen and oxygen atoms in total. The molecule has 0 bridgehead atoms. The minimum absolute atomic E-state index is 0.146. The number of nitrogens with zero attached hydrogens (tertiary/aromatic N) is 2. The van der Waals surface area contributed by atoms with Gasteiger partial charge in [-0.15, -0.1) is 0 Å². The van der Waals surface area contributed by atoms with Crippen LogP contribution < -0.4 is 21.5 Å². The molecule has 0 saturated heterocycles. The highest BCUT2D eigenvalue weighted by Crippen LogP contribution is 2.31. The van der Waals surface area contributed by atoms with E-state index in [2.05, 4.69) is 10.9 Å². The lowest BCUT2D eigenvalue weighted by atomic mass is 10.1. The van der Waals surface area contributed by atoms with Gasteiger partial charge in [0.05, 0.1) is 11.0 Å². The van der Waals surface area contributed by atoms with Gasteiger partial charge in [-0.05, 0) is 31.5 Å². The maximum absolute atomic E-state index is 13.1. The second kappa shape index (κ2) is 9.67. The van der Waals surface area contributed by atoms with Crippen LogP contribution in [0.25, 0.3) is 10.8 Å². The summed E-state index contributed by atoms with van der Waals surface area (Å²) in [5.41, 5.74) is 11.9. The number of benzene rings is 2. The molecule has 0 radical (unpaired) electrons. The van der Waals surface area contributed by atoms with E-state index in [9.17, 15) is 13.7 Å². The number of hydrazine groups is 1. The highest BCUT2D eigenvalue weighted by atomic mass is 32.2. The van der Waals surface area contributed by atoms with Gasteiger partial charge in [-0.1, -0.05) is 30.7 Å². The highest BCUT2D eigenvalue weighted by Gasteiger charge is 2.29. The molecule has 0 aliphatic carbocycles. The molecule has 8 heteroatoms. The van der Waals surface area contributed by atoms with E-state index in [1.54, 1.807) is 18.2 Å². The van der Waals surface area contributed by atoms with Gasteiger partial charge < -0.3 is 10.6 Å². The Bertz CT molecular complexity index is 906. The molecule has 0 spiro atoms. The Morgan fingerprint density at radius 1 is 1.11 bits per heavy atom. The zero-order chi connectivity index (χ0) is 19.9. The number of hydrogen-bond acceptors (Lipinski definition) is 7. The van der Waals surface area contributed by atoms with Gasteiger partial charge in [0, 0.05) is 37.1 Å². The van der Waals surface area contributed by atoms with Gasteiger partial charge in [0.1, 0.15) is 0 Å². The number of unbranched alkanes of at least 4 members (excludes halogenated alkanes) is 2. The molecule has 4 N–H and O–H groups in total. The summed E-state index contributed by atoms with van der Waals surface area (Å²) in [4.78, 5) is 2.08. The van der Waals surface area contributed by atoms with E-state index in [4.69, 9.17) is 5.73 Å². The average Bonchev–Trinajstić information content (AvgIpc) is 2.66. The molecule has 2 rings (SSSR count). The molecule has 0 heterocycles. The van der Waals surface area contributed by atoms with Crippen LogP contribution >= 0.6 is 0 Å². The zero-order valence-electron chi connectivity index (χ0n) is 15.8. The fourth-order valence-electron chi connectivity index (χ4n) is 2.91. The summed E-state index contributed by atoms with van der Waals surface area (Å²) < 4.78 is 26.1. The molecule has 0 aliphatic rings. The van der Waals surface area contributed by atoms with Gasteiger partial charge in [-0.25, -0.2) is 13.8 Å². The molecule has 2 aromatic carbocycles. The predicted molar refractivity (Wildman–Crippen MR) is 109 cm³/mol. The van der Waals surface area contributed by atoms with Gasteiger partial charge >= 0.3 is 0 Å². The second-order valence-electron chi connectivity index (χ2n) is 6.50. The van der Waals surface area contributed by atoms with E-state index < -0.39 is 15.2 Å². The van der Waals surface area contributed by atoms with Crippen molar-refractivity contribution < 1.29 is 8.42 Å². The van der Waals surface area contributed by atoms with Crippen molar-refractivity contribution in [2.24, 2.45) is 5.73 Å². The highest BCUT2D eigenvalue weighted by molar-refractivity contribution is 7.92. The first kappa shape index (κ1) is 21.1. The minimum atomic E-state index is -3.89. The Morgan fingerprint density at radius 2 is 1.81 bits per heavy atom. The second-order valence-corrected chi connectivity index (χ2v) is 8.50. The van der Waals surface area contributed by atoms with Crippen LogP contribution in [0.4, 0.5) is 5.69 Å². The Morgan fingerprint density at radius 3 is 2.48 bits per heavy atom. The van der Waals surface area contributed by atoms with Crippen molar-refractivity contribution in [2.75, 3.05) is 32.1 Å². The summed E-state index contributed by atoms with van der Waals surface area (Å²) in [5, 5.41) is 9.48. The summed E-state index contributed by atoms with van der Waals surface area (Å²) in [6.45, 7) is 1.20. The van der Waals surface area contributed by atoms with Crippen molar-refractivity contribution in [3.8, 4) is 6.07 Å². The summed E-state index contributed by atoms with van der Waals surface area (Å²) in [7, 11) is -0.0770. The number of rotatable bonds is 10. The van der Waals surface area contributed by atoms with Crippen LogP contribution in [0.2, 0.25) is 0 Å². The first-order chi connectivity index (χ1) is 12.9. The number of nitriles is 1. The maximum atomic E-state index is 13.1. The molecule has 2 aromatic rings. The molecular formula is C19H27N5O2S. The Balaban J connectivity index is 2.27. The first-order valence-electron chi connectivity index (χ1n) is 8.94. The van der Waals surface area contributed by atoms with Crippen molar-refractivity contribution in [3.63, 3.8) is 0 Å². The fourth-order valence-corrected chi connectivity index (χ4v) is 4.29. The third kappa shape index (κ3) is 4.96. The fraction of sp³-hybridized carbons (Fsp3) is 0.421. The Kier molecular flexibility index (Phi) is 7.56. The predicted octanol–water partition coefficient (Wildman–Crippen LogP) is 1.75.